The Labute approximate surface area is 105 Å². The number of hydrogen-bond donors (Lipinski definition) is 0. The van der Waals surface area contributed by atoms with E-state index in [2.05, 4.69) is 4.98 Å². The SMILES string of the molecule is N#Cc1cc(CS(=O)(=O)c2ccccc2)ccn1. The molecule has 5 heteroatoms. The van der Waals surface area contributed by atoms with Gasteiger partial charge in [-0.25, -0.2) is 13.4 Å². The van der Waals surface area contributed by atoms with E-state index < -0.39 is 9.84 Å². The second-order valence-corrected chi connectivity index (χ2v) is 5.72. The van der Waals surface area contributed by atoms with E-state index in [0.717, 1.165) is 0 Å². The molecule has 0 saturated carbocycles. The number of rotatable bonds is 3. The predicted octanol–water partition coefficient (Wildman–Crippen LogP) is 1.93. The molecule has 0 bridgehead atoms. The first kappa shape index (κ1) is 12.3. The molecule has 0 N–H and O–H groups in total. The van der Waals surface area contributed by atoms with Crippen molar-refractivity contribution < 1.29 is 8.42 Å². The van der Waals surface area contributed by atoms with Gasteiger partial charge >= 0.3 is 0 Å². The van der Waals surface area contributed by atoms with Crippen molar-refractivity contribution in [3.8, 4) is 6.07 Å². The summed E-state index contributed by atoms with van der Waals surface area (Å²) in [4.78, 5) is 4.08. The van der Waals surface area contributed by atoms with Crippen LogP contribution in [0.15, 0.2) is 53.6 Å². The summed E-state index contributed by atoms with van der Waals surface area (Å²) in [6.07, 6.45) is 1.44. The van der Waals surface area contributed by atoms with E-state index in [1.54, 1.807) is 36.4 Å². The van der Waals surface area contributed by atoms with Gasteiger partial charge in [0, 0.05) is 6.20 Å². The predicted molar refractivity (Wildman–Crippen MR) is 66.3 cm³/mol. The lowest BCUT2D eigenvalue weighted by atomic mass is 10.2. The molecule has 0 amide bonds. The van der Waals surface area contributed by atoms with Gasteiger partial charge in [0.15, 0.2) is 9.84 Å². The molecule has 0 aliphatic rings. The zero-order valence-corrected chi connectivity index (χ0v) is 10.3. The first-order chi connectivity index (χ1) is 8.62. The largest absolute Gasteiger partial charge is 0.246 e. The van der Waals surface area contributed by atoms with Crippen LogP contribution in [0.4, 0.5) is 0 Å². The van der Waals surface area contributed by atoms with Crippen LogP contribution in [0.5, 0.6) is 0 Å². The number of sulfone groups is 1. The van der Waals surface area contributed by atoms with Crippen LogP contribution in [0.2, 0.25) is 0 Å². The first-order valence-corrected chi connectivity index (χ1v) is 6.90. The van der Waals surface area contributed by atoms with Crippen molar-refractivity contribution in [1.82, 2.24) is 4.98 Å². The lowest BCUT2D eigenvalue weighted by Crippen LogP contribution is -2.05. The summed E-state index contributed by atoms with van der Waals surface area (Å²) >= 11 is 0. The van der Waals surface area contributed by atoms with Crippen molar-refractivity contribution in [2.75, 3.05) is 0 Å². The quantitative estimate of drug-likeness (QED) is 0.843. The van der Waals surface area contributed by atoms with Crippen LogP contribution < -0.4 is 0 Å². The highest BCUT2D eigenvalue weighted by molar-refractivity contribution is 7.90. The number of nitrogens with zero attached hydrogens (tertiary/aromatic N) is 2. The summed E-state index contributed by atoms with van der Waals surface area (Å²) in [6.45, 7) is 0. The highest BCUT2D eigenvalue weighted by atomic mass is 32.2. The summed E-state index contributed by atoms with van der Waals surface area (Å²) in [5.41, 5.74) is 0.779. The molecular formula is C13H10N2O2S. The van der Waals surface area contributed by atoms with Crippen LogP contribution in [-0.4, -0.2) is 13.4 Å². The fourth-order valence-electron chi connectivity index (χ4n) is 1.56. The molecule has 2 rings (SSSR count). The van der Waals surface area contributed by atoms with E-state index >= 15 is 0 Å². The van der Waals surface area contributed by atoms with Crippen molar-refractivity contribution in [2.24, 2.45) is 0 Å². The van der Waals surface area contributed by atoms with E-state index in [4.69, 9.17) is 5.26 Å². The normalized spacial score (nSPS) is 10.8. The highest BCUT2D eigenvalue weighted by Crippen LogP contribution is 2.15. The van der Waals surface area contributed by atoms with Gasteiger partial charge in [-0.15, -0.1) is 0 Å². The Kier molecular flexibility index (Phi) is 3.40. The van der Waals surface area contributed by atoms with Crippen molar-refractivity contribution in [1.29, 1.82) is 5.26 Å². The van der Waals surface area contributed by atoms with Gasteiger partial charge in [0.2, 0.25) is 0 Å². The molecule has 90 valence electrons. The molecule has 4 nitrogen and oxygen atoms in total. The number of nitriles is 1. The number of pyridine rings is 1. The minimum absolute atomic E-state index is 0.131. The monoisotopic (exact) mass is 258 g/mol. The average molecular weight is 258 g/mol. The molecule has 0 spiro atoms. The smallest absolute Gasteiger partial charge is 0.182 e. The van der Waals surface area contributed by atoms with Crippen molar-refractivity contribution in [3.05, 3.63) is 59.9 Å². The summed E-state index contributed by atoms with van der Waals surface area (Å²) < 4.78 is 24.2. The van der Waals surface area contributed by atoms with Crippen LogP contribution >= 0.6 is 0 Å². The van der Waals surface area contributed by atoms with Crippen LogP contribution in [0, 0.1) is 11.3 Å². The van der Waals surface area contributed by atoms with Gasteiger partial charge in [-0.2, -0.15) is 5.26 Å². The third-order valence-corrected chi connectivity index (χ3v) is 4.10. The summed E-state index contributed by atoms with van der Waals surface area (Å²) in [6, 6.07) is 13.2. The van der Waals surface area contributed by atoms with Gasteiger partial charge in [-0.3, -0.25) is 0 Å². The number of aromatic nitrogens is 1. The Morgan fingerprint density at radius 1 is 1.17 bits per heavy atom. The standard InChI is InChI=1S/C13H10N2O2S/c14-9-12-8-11(6-7-15-12)10-18(16,17)13-4-2-1-3-5-13/h1-8H,10H2. The molecule has 18 heavy (non-hydrogen) atoms. The van der Waals surface area contributed by atoms with Crippen LogP contribution in [0.3, 0.4) is 0 Å². The van der Waals surface area contributed by atoms with E-state index in [1.807, 2.05) is 6.07 Å². The number of hydrogen-bond acceptors (Lipinski definition) is 4. The lowest BCUT2D eigenvalue weighted by Gasteiger charge is -2.04. The highest BCUT2D eigenvalue weighted by Gasteiger charge is 2.14. The summed E-state index contributed by atoms with van der Waals surface area (Å²) in [5, 5.41) is 8.72. The zero-order chi connectivity index (χ0) is 13.0. The zero-order valence-electron chi connectivity index (χ0n) is 9.45. The van der Waals surface area contributed by atoms with Gasteiger partial charge < -0.3 is 0 Å². The number of benzene rings is 1. The van der Waals surface area contributed by atoms with E-state index in [1.165, 1.54) is 12.3 Å². The van der Waals surface area contributed by atoms with E-state index in [-0.39, 0.29) is 16.3 Å². The molecule has 0 aliphatic heterocycles. The third-order valence-electron chi connectivity index (χ3n) is 2.40. The van der Waals surface area contributed by atoms with Gasteiger partial charge in [0.25, 0.3) is 0 Å². The third kappa shape index (κ3) is 2.73. The summed E-state index contributed by atoms with van der Waals surface area (Å²) in [5.74, 6) is -0.131. The van der Waals surface area contributed by atoms with Crippen molar-refractivity contribution in [3.63, 3.8) is 0 Å². The topological polar surface area (TPSA) is 70.8 Å². The molecule has 1 aromatic heterocycles. The minimum Gasteiger partial charge on any atom is -0.246 e. The molecule has 1 aromatic carbocycles. The maximum Gasteiger partial charge on any atom is 0.182 e. The molecule has 0 fully saturated rings. The van der Waals surface area contributed by atoms with Crippen LogP contribution in [-0.2, 0) is 15.6 Å². The van der Waals surface area contributed by atoms with Crippen LogP contribution in [0.25, 0.3) is 0 Å². The fourth-order valence-corrected chi connectivity index (χ4v) is 2.91. The van der Waals surface area contributed by atoms with Crippen molar-refractivity contribution >= 4 is 9.84 Å². The Balaban J connectivity index is 2.32. The van der Waals surface area contributed by atoms with Gasteiger partial charge in [0.05, 0.1) is 10.6 Å². The molecule has 0 saturated heterocycles. The van der Waals surface area contributed by atoms with Gasteiger partial charge in [-0.1, -0.05) is 18.2 Å². The Morgan fingerprint density at radius 3 is 2.56 bits per heavy atom. The van der Waals surface area contributed by atoms with Gasteiger partial charge in [-0.05, 0) is 29.8 Å². The Bertz CT molecular complexity index is 688. The molecule has 0 unspecified atom stereocenters. The van der Waals surface area contributed by atoms with Gasteiger partial charge in [0.1, 0.15) is 11.8 Å². The second-order valence-electron chi connectivity index (χ2n) is 3.73. The molecular weight excluding hydrogens is 248 g/mol. The van der Waals surface area contributed by atoms with E-state index in [0.29, 0.717) is 5.56 Å². The molecule has 0 atom stereocenters. The van der Waals surface area contributed by atoms with E-state index in [9.17, 15) is 8.42 Å². The van der Waals surface area contributed by atoms with Crippen molar-refractivity contribution in [2.45, 2.75) is 10.6 Å². The molecule has 1 heterocycles. The first-order valence-electron chi connectivity index (χ1n) is 5.25. The maximum atomic E-state index is 12.1. The molecule has 0 radical (unpaired) electrons. The summed E-state index contributed by atoms with van der Waals surface area (Å²) in [7, 11) is -3.38. The Morgan fingerprint density at radius 2 is 1.89 bits per heavy atom. The Hall–Kier alpha value is -2.19. The lowest BCUT2D eigenvalue weighted by molar-refractivity contribution is 0.595. The fraction of sp³-hybridized carbons (Fsp3) is 0.0769. The molecule has 0 aliphatic carbocycles. The average Bonchev–Trinajstić information content (AvgIpc) is 2.39. The minimum atomic E-state index is -3.38. The molecule has 2 aromatic rings. The maximum absolute atomic E-state index is 12.1. The van der Waals surface area contributed by atoms with Crippen LogP contribution in [0.1, 0.15) is 11.3 Å². The second kappa shape index (κ2) is 4.98.